The fourth-order valence-corrected chi connectivity index (χ4v) is 2.94. The summed E-state index contributed by atoms with van der Waals surface area (Å²) in [5, 5.41) is 1.13. The molecule has 0 radical (unpaired) electrons. The van der Waals surface area contributed by atoms with Gasteiger partial charge < -0.3 is 19.0 Å². The first-order valence-corrected chi connectivity index (χ1v) is 8.15. The predicted molar refractivity (Wildman–Crippen MR) is 91.8 cm³/mol. The molecule has 0 atom stereocenters. The van der Waals surface area contributed by atoms with Gasteiger partial charge in [0.25, 0.3) is 5.91 Å². The molecular weight excluding hydrogens is 332 g/mol. The second-order valence-electron chi connectivity index (χ2n) is 6.00. The Hall–Kier alpha value is -2.05. The van der Waals surface area contributed by atoms with Crippen molar-refractivity contribution in [1.29, 1.82) is 0 Å². The van der Waals surface area contributed by atoms with Crippen molar-refractivity contribution in [2.24, 2.45) is 0 Å². The first-order valence-electron chi connectivity index (χ1n) is 7.77. The van der Waals surface area contributed by atoms with Crippen molar-refractivity contribution in [1.82, 2.24) is 9.80 Å². The third-order valence-electron chi connectivity index (χ3n) is 4.21. The highest BCUT2D eigenvalue weighted by Gasteiger charge is 2.20. The van der Waals surface area contributed by atoms with Gasteiger partial charge in [0, 0.05) is 43.7 Å². The summed E-state index contributed by atoms with van der Waals surface area (Å²) in [5.74, 6) is 0.255. The van der Waals surface area contributed by atoms with Gasteiger partial charge in [0.15, 0.2) is 6.61 Å². The molecule has 1 amide bonds. The van der Waals surface area contributed by atoms with Gasteiger partial charge >= 0.3 is 5.63 Å². The van der Waals surface area contributed by atoms with E-state index in [1.54, 1.807) is 17.0 Å². The van der Waals surface area contributed by atoms with Crippen molar-refractivity contribution >= 4 is 28.5 Å². The molecule has 24 heavy (non-hydrogen) atoms. The smallest absolute Gasteiger partial charge is 0.336 e. The Bertz CT molecular complexity index is 825. The SMILES string of the molecule is Cc1cc(=O)oc2cc(OCC(=O)N3CCN(C)CC3)c(Cl)cc12. The Morgan fingerprint density at radius 2 is 1.96 bits per heavy atom. The van der Waals surface area contributed by atoms with Crippen LogP contribution in [0.4, 0.5) is 0 Å². The van der Waals surface area contributed by atoms with Gasteiger partial charge in [0.1, 0.15) is 11.3 Å². The molecule has 0 saturated carbocycles. The van der Waals surface area contributed by atoms with Gasteiger partial charge in [-0.25, -0.2) is 4.79 Å². The Kier molecular flexibility index (Phi) is 4.78. The molecule has 0 bridgehead atoms. The number of hydrogen-bond donors (Lipinski definition) is 0. The summed E-state index contributed by atoms with van der Waals surface area (Å²) in [5.41, 5.74) is 0.747. The summed E-state index contributed by atoms with van der Waals surface area (Å²) >= 11 is 6.23. The number of halogens is 1. The van der Waals surface area contributed by atoms with Gasteiger partial charge in [0.05, 0.1) is 5.02 Å². The zero-order chi connectivity index (χ0) is 17.3. The largest absolute Gasteiger partial charge is 0.482 e. The number of fused-ring (bicyclic) bond motifs is 1. The molecule has 3 rings (SSSR count). The highest BCUT2D eigenvalue weighted by Crippen LogP contribution is 2.31. The van der Waals surface area contributed by atoms with Crippen LogP contribution in [-0.4, -0.2) is 55.5 Å². The van der Waals surface area contributed by atoms with Crippen molar-refractivity contribution in [2.45, 2.75) is 6.92 Å². The Morgan fingerprint density at radius 3 is 2.67 bits per heavy atom. The lowest BCUT2D eigenvalue weighted by atomic mass is 10.1. The lowest BCUT2D eigenvalue weighted by Crippen LogP contribution is -2.48. The fraction of sp³-hybridized carbons (Fsp3) is 0.412. The number of rotatable bonds is 3. The maximum Gasteiger partial charge on any atom is 0.336 e. The topological polar surface area (TPSA) is 63.0 Å². The van der Waals surface area contributed by atoms with Crippen LogP contribution in [0.2, 0.25) is 5.02 Å². The van der Waals surface area contributed by atoms with Crippen LogP contribution in [0.25, 0.3) is 11.0 Å². The summed E-state index contributed by atoms with van der Waals surface area (Å²) in [6.07, 6.45) is 0. The second kappa shape index (κ2) is 6.83. The lowest BCUT2D eigenvalue weighted by Gasteiger charge is -2.32. The van der Waals surface area contributed by atoms with E-state index in [2.05, 4.69) is 4.90 Å². The van der Waals surface area contributed by atoms with Gasteiger partial charge in [-0.2, -0.15) is 0 Å². The molecular formula is C17H19ClN2O4. The average molecular weight is 351 g/mol. The fourth-order valence-electron chi connectivity index (χ4n) is 2.72. The monoisotopic (exact) mass is 350 g/mol. The third-order valence-corrected chi connectivity index (χ3v) is 4.51. The van der Waals surface area contributed by atoms with Gasteiger partial charge in [-0.3, -0.25) is 4.79 Å². The molecule has 6 nitrogen and oxygen atoms in total. The van der Waals surface area contributed by atoms with E-state index in [0.717, 1.165) is 24.0 Å². The second-order valence-corrected chi connectivity index (χ2v) is 6.41. The summed E-state index contributed by atoms with van der Waals surface area (Å²) in [6, 6.07) is 4.66. The van der Waals surface area contributed by atoms with E-state index in [-0.39, 0.29) is 12.5 Å². The molecule has 2 aromatic rings. The molecule has 1 aliphatic rings. The predicted octanol–water partition coefficient (Wildman–Crippen LogP) is 1.91. The molecule has 7 heteroatoms. The number of nitrogens with zero attached hydrogens (tertiary/aromatic N) is 2. The van der Waals surface area contributed by atoms with Crippen molar-refractivity contribution in [3.05, 3.63) is 39.2 Å². The Balaban J connectivity index is 1.74. The minimum Gasteiger partial charge on any atom is -0.482 e. The number of piperazine rings is 1. The minimum absolute atomic E-state index is 0.0787. The van der Waals surface area contributed by atoms with Gasteiger partial charge in [-0.05, 0) is 25.6 Å². The first-order chi connectivity index (χ1) is 11.4. The number of amides is 1. The Labute approximate surface area is 144 Å². The van der Waals surface area contributed by atoms with E-state index < -0.39 is 5.63 Å². The van der Waals surface area contributed by atoms with Crippen LogP contribution in [0, 0.1) is 6.92 Å². The summed E-state index contributed by atoms with van der Waals surface area (Å²) < 4.78 is 10.7. The molecule has 0 aliphatic carbocycles. The van der Waals surface area contributed by atoms with E-state index >= 15 is 0 Å². The van der Waals surface area contributed by atoms with Crippen molar-refractivity contribution in [3.8, 4) is 5.75 Å². The molecule has 1 saturated heterocycles. The number of aryl methyl sites for hydroxylation is 1. The molecule has 0 N–H and O–H groups in total. The van der Waals surface area contributed by atoms with Gasteiger partial charge in [-0.15, -0.1) is 0 Å². The standard InChI is InChI=1S/C17H19ClN2O4/c1-11-7-17(22)24-14-9-15(13(18)8-12(11)14)23-10-16(21)20-5-3-19(2)4-6-20/h7-9H,3-6,10H2,1-2H3. The molecule has 0 unspecified atom stereocenters. The van der Waals surface area contributed by atoms with Crippen molar-refractivity contribution in [2.75, 3.05) is 39.8 Å². The summed E-state index contributed by atoms with van der Waals surface area (Å²) in [7, 11) is 2.03. The molecule has 1 aromatic heterocycles. The van der Waals surface area contributed by atoms with Gasteiger partial charge in [-0.1, -0.05) is 11.6 Å². The normalized spacial score (nSPS) is 15.7. The number of benzene rings is 1. The number of hydrogen-bond acceptors (Lipinski definition) is 5. The number of ether oxygens (including phenoxy) is 1. The van der Waals surface area contributed by atoms with Crippen LogP contribution in [0.3, 0.4) is 0 Å². The maximum atomic E-state index is 12.2. The van der Waals surface area contributed by atoms with E-state index in [4.69, 9.17) is 20.8 Å². The molecule has 1 aliphatic heterocycles. The molecule has 2 heterocycles. The van der Waals surface area contributed by atoms with Crippen LogP contribution in [0.15, 0.2) is 27.4 Å². The van der Waals surface area contributed by atoms with E-state index in [1.807, 2.05) is 14.0 Å². The molecule has 1 fully saturated rings. The number of likely N-dealkylation sites (N-methyl/N-ethyl adjacent to an activating group) is 1. The molecule has 0 spiro atoms. The van der Waals surface area contributed by atoms with Crippen LogP contribution >= 0.6 is 11.6 Å². The lowest BCUT2D eigenvalue weighted by molar-refractivity contribution is -0.134. The van der Waals surface area contributed by atoms with Crippen molar-refractivity contribution in [3.63, 3.8) is 0 Å². The van der Waals surface area contributed by atoms with E-state index in [0.29, 0.717) is 29.4 Å². The molecule has 1 aromatic carbocycles. The number of carbonyl (C=O) groups excluding carboxylic acids is 1. The summed E-state index contributed by atoms with van der Waals surface area (Å²) in [6.45, 7) is 4.81. The third kappa shape index (κ3) is 3.55. The van der Waals surface area contributed by atoms with Gasteiger partial charge in [0.2, 0.25) is 0 Å². The van der Waals surface area contributed by atoms with Crippen LogP contribution in [0.1, 0.15) is 5.56 Å². The van der Waals surface area contributed by atoms with E-state index in [9.17, 15) is 9.59 Å². The minimum atomic E-state index is -0.429. The quantitative estimate of drug-likeness (QED) is 0.791. The van der Waals surface area contributed by atoms with Crippen LogP contribution < -0.4 is 10.4 Å². The number of carbonyl (C=O) groups is 1. The summed E-state index contributed by atoms with van der Waals surface area (Å²) in [4.78, 5) is 27.7. The molecule has 128 valence electrons. The van der Waals surface area contributed by atoms with E-state index in [1.165, 1.54) is 6.07 Å². The maximum absolute atomic E-state index is 12.2. The highest BCUT2D eigenvalue weighted by atomic mass is 35.5. The van der Waals surface area contributed by atoms with Crippen LogP contribution in [0.5, 0.6) is 5.75 Å². The van der Waals surface area contributed by atoms with Crippen LogP contribution in [-0.2, 0) is 4.79 Å². The zero-order valence-electron chi connectivity index (χ0n) is 13.7. The highest BCUT2D eigenvalue weighted by molar-refractivity contribution is 6.32. The first kappa shape index (κ1) is 16.8. The zero-order valence-corrected chi connectivity index (χ0v) is 14.4. The van der Waals surface area contributed by atoms with Crippen molar-refractivity contribution < 1.29 is 13.9 Å². The Morgan fingerprint density at radius 1 is 1.25 bits per heavy atom. The average Bonchev–Trinajstić information content (AvgIpc) is 2.54.